The van der Waals surface area contributed by atoms with Gasteiger partial charge in [-0.1, -0.05) is 71.9 Å². The van der Waals surface area contributed by atoms with Crippen LogP contribution in [0.25, 0.3) is 11.4 Å². The number of carbonyl (C=O) groups excluding carboxylic acids is 1. The van der Waals surface area contributed by atoms with Crippen LogP contribution in [0.4, 0.5) is 0 Å². The van der Waals surface area contributed by atoms with Crippen molar-refractivity contribution in [2.24, 2.45) is 0 Å². The second kappa shape index (κ2) is 8.46. The molecule has 0 fully saturated rings. The van der Waals surface area contributed by atoms with Crippen LogP contribution >= 0.6 is 11.8 Å². The molecule has 3 aromatic rings. The van der Waals surface area contributed by atoms with Gasteiger partial charge in [-0.3, -0.25) is 14.7 Å². The molecule has 2 N–H and O–H groups in total. The number of H-pyrrole nitrogens is 1. The zero-order chi connectivity index (χ0) is 17.5. The maximum Gasteiger partial charge on any atom is 0.254 e. The van der Waals surface area contributed by atoms with E-state index in [9.17, 15) is 4.79 Å². The lowest BCUT2D eigenvalue weighted by atomic mass is 10.1. The van der Waals surface area contributed by atoms with Gasteiger partial charge in [-0.05, 0) is 12.5 Å². The molecule has 2 aromatic carbocycles. The minimum atomic E-state index is -0.234. The number of aromatic amines is 1. The van der Waals surface area contributed by atoms with E-state index < -0.39 is 0 Å². The molecule has 1 aromatic heterocycles. The Labute approximate surface area is 150 Å². The van der Waals surface area contributed by atoms with Gasteiger partial charge in [0.25, 0.3) is 5.91 Å². The number of aryl methyl sites for hydroxylation is 1. The van der Waals surface area contributed by atoms with E-state index in [2.05, 4.69) is 20.7 Å². The Morgan fingerprint density at radius 3 is 2.68 bits per heavy atom. The van der Waals surface area contributed by atoms with Crippen LogP contribution in [0.2, 0.25) is 0 Å². The molecule has 0 aliphatic heterocycles. The number of amides is 1. The first kappa shape index (κ1) is 17.2. The maximum atomic E-state index is 11.8. The minimum Gasteiger partial charge on any atom is -0.272 e. The zero-order valence-electron chi connectivity index (χ0n) is 13.7. The van der Waals surface area contributed by atoms with Gasteiger partial charge >= 0.3 is 0 Å². The Kier molecular flexibility index (Phi) is 5.81. The molecule has 0 unspecified atom stereocenters. The quantitative estimate of drug-likeness (QED) is 0.503. The summed E-state index contributed by atoms with van der Waals surface area (Å²) in [6.45, 7) is 2.36. The summed E-state index contributed by atoms with van der Waals surface area (Å²) in [5.41, 5.74) is 5.56. The molecule has 3 rings (SSSR count). The van der Waals surface area contributed by atoms with Crippen molar-refractivity contribution in [1.29, 1.82) is 0 Å². The van der Waals surface area contributed by atoms with Gasteiger partial charge in [-0.2, -0.15) is 0 Å². The van der Waals surface area contributed by atoms with Crippen molar-refractivity contribution in [3.63, 3.8) is 0 Å². The lowest BCUT2D eigenvalue weighted by molar-refractivity contribution is -0.131. The average Bonchev–Trinajstić information content (AvgIpc) is 3.10. The number of hydrogen-bond donors (Lipinski definition) is 2. The zero-order valence-corrected chi connectivity index (χ0v) is 14.5. The van der Waals surface area contributed by atoms with E-state index in [1.807, 2.05) is 61.5 Å². The highest BCUT2D eigenvalue weighted by Crippen LogP contribution is 2.19. The Hall–Kier alpha value is -2.64. The number of benzene rings is 2. The third kappa shape index (κ3) is 5.17. The largest absolute Gasteiger partial charge is 0.272 e. The highest BCUT2D eigenvalue weighted by atomic mass is 32.2. The first-order valence-corrected chi connectivity index (χ1v) is 8.76. The predicted molar refractivity (Wildman–Crippen MR) is 96.7 cm³/mol. The molecule has 1 amide bonds. The minimum absolute atomic E-state index is 0.181. The summed E-state index contributed by atoms with van der Waals surface area (Å²) in [5.74, 6) is 0.630. The van der Waals surface area contributed by atoms with E-state index in [1.165, 1.54) is 17.3 Å². The normalized spacial score (nSPS) is 10.6. The van der Waals surface area contributed by atoms with Crippen molar-refractivity contribution in [2.45, 2.75) is 18.7 Å². The van der Waals surface area contributed by atoms with Crippen molar-refractivity contribution < 1.29 is 9.63 Å². The van der Waals surface area contributed by atoms with Crippen LogP contribution in [0.15, 0.2) is 59.8 Å². The SMILES string of the molecule is Cc1ccc(-c2nc(SCC(=O)NOCc3ccccc3)n[nH]2)cc1. The van der Waals surface area contributed by atoms with Crippen molar-refractivity contribution in [1.82, 2.24) is 20.7 Å². The molecule has 25 heavy (non-hydrogen) atoms. The van der Waals surface area contributed by atoms with Crippen LogP contribution in [-0.2, 0) is 16.2 Å². The van der Waals surface area contributed by atoms with E-state index >= 15 is 0 Å². The summed E-state index contributed by atoms with van der Waals surface area (Å²) < 4.78 is 0. The van der Waals surface area contributed by atoms with Crippen molar-refractivity contribution in [3.8, 4) is 11.4 Å². The predicted octanol–water partition coefficient (Wildman–Crippen LogP) is 3.12. The highest BCUT2D eigenvalue weighted by molar-refractivity contribution is 7.99. The molecule has 0 saturated heterocycles. The van der Waals surface area contributed by atoms with Crippen LogP contribution < -0.4 is 5.48 Å². The first-order valence-electron chi connectivity index (χ1n) is 7.77. The number of hydroxylamine groups is 1. The van der Waals surface area contributed by atoms with Gasteiger partial charge in [0, 0.05) is 5.56 Å². The van der Waals surface area contributed by atoms with Crippen molar-refractivity contribution in [3.05, 3.63) is 65.7 Å². The fourth-order valence-electron chi connectivity index (χ4n) is 2.09. The second-order valence-electron chi connectivity index (χ2n) is 5.42. The van der Waals surface area contributed by atoms with E-state index in [4.69, 9.17) is 4.84 Å². The fraction of sp³-hybridized carbons (Fsp3) is 0.167. The molecular weight excluding hydrogens is 336 g/mol. The third-order valence-corrected chi connectivity index (χ3v) is 4.24. The van der Waals surface area contributed by atoms with Crippen LogP contribution in [0, 0.1) is 6.92 Å². The maximum absolute atomic E-state index is 11.8. The van der Waals surface area contributed by atoms with Crippen LogP contribution in [0.5, 0.6) is 0 Å². The Morgan fingerprint density at radius 1 is 1.16 bits per heavy atom. The molecule has 6 nitrogen and oxygen atoms in total. The summed E-state index contributed by atoms with van der Waals surface area (Å²) >= 11 is 1.25. The summed E-state index contributed by atoms with van der Waals surface area (Å²) in [5, 5.41) is 7.53. The summed E-state index contributed by atoms with van der Waals surface area (Å²) in [7, 11) is 0. The number of nitrogens with one attached hydrogen (secondary N) is 2. The monoisotopic (exact) mass is 354 g/mol. The third-order valence-electron chi connectivity index (χ3n) is 3.39. The van der Waals surface area contributed by atoms with Crippen LogP contribution in [-0.4, -0.2) is 26.8 Å². The fourth-order valence-corrected chi connectivity index (χ4v) is 2.67. The van der Waals surface area contributed by atoms with Gasteiger partial charge < -0.3 is 0 Å². The van der Waals surface area contributed by atoms with Crippen LogP contribution in [0.1, 0.15) is 11.1 Å². The van der Waals surface area contributed by atoms with Gasteiger partial charge in [-0.25, -0.2) is 10.5 Å². The van der Waals surface area contributed by atoms with Gasteiger partial charge in [0.15, 0.2) is 5.82 Å². The Balaban J connectivity index is 1.44. The molecule has 0 bridgehead atoms. The number of thioether (sulfide) groups is 1. The Morgan fingerprint density at radius 2 is 1.92 bits per heavy atom. The number of carbonyl (C=O) groups is 1. The van der Waals surface area contributed by atoms with E-state index in [1.54, 1.807) is 0 Å². The van der Waals surface area contributed by atoms with Crippen molar-refractivity contribution >= 4 is 17.7 Å². The lowest BCUT2D eigenvalue weighted by Gasteiger charge is -2.04. The first-order chi connectivity index (χ1) is 12.2. The van der Waals surface area contributed by atoms with Crippen LogP contribution in [0.3, 0.4) is 0 Å². The molecule has 0 spiro atoms. The van der Waals surface area contributed by atoms with Gasteiger partial charge in [0.05, 0.1) is 12.4 Å². The summed E-state index contributed by atoms with van der Waals surface area (Å²) in [6, 6.07) is 17.6. The topological polar surface area (TPSA) is 79.9 Å². The smallest absolute Gasteiger partial charge is 0.254 e. The van der Waals surface area contributed by atoms with E-state index in [0.717, 1.165) is 11.1 Å². The molecule has 7 heteroatoms. The summed E-state index contributed by atoms with van der Waals surface area (Å²) in [6.07, 6.45) is 0. The second-order valence-corrected chi connectivity index (χ2v) is 6.36. The van der Waals surface area contributed by atoms with E-state index in [0.29, 0.717) is 17.6 Å². The molecular formula is C18H18N4O2S. The summed E-state index contributed by atoms with van der Waals surface area (Å²) in [4.78, 5) is 21.4. The van der Waals surface area contributed by atoms with E-state index in [-0.39, 0.29) is 11.7 Å². The molecule has 128 valence electrons. The van der Waals surface area contributed by atoms with Crippen molar-refractivity contribution in [2.75, 3.05) is 5.75 Å². The number of rotatable bonds is 7. The molecule has 0 aliphatic carbocycles. The average molecular weight is 354 g/mol. The Bertz CT molecular complexity index is 819. The lowest BCUT2D eigenvalue weighted by Crippen LogP contribution is -2.25. The number of nitrogens with zero attached hydrogens (tertiary/aromatic N) is 2. The standard InChI is InChI=1S/C18H18N4O2S/c1-13-7-9-15(10-8-13)17-19-18(21-20-17)25-12-16(23)22-24-11-14-5-3-2-4-6-14/h2-10H,11-12H2,1H3,(H,22,23)(H,19,20,21). The molecule has 1 heterocycles. The molecule has 0 saturated carbocycles. The highest BCUT2D eigenvalue weighted by Gasteiger charge is 2.09. The molecule has 0 radical (unpaired) electrons. The molecule has 0 aliphatic rings. The molecule has 0 atom stereocenters. The van der Waals surface area contributed by atoms with Gasteiger partial charge in [-0.15, -0.1) is 5.10 Å². The number of aromatic nitrogens is 3. The van der Waals surface area contributed by atoms with Gasteiger partial charge in [0.1, 0.15) is 0 Å². The van der Waals surface area contributed by atoms with Gasteiger partial charge in [0.2, 0.25) is 5.16 Å². The number of hydrogen-bond acceptors (Lipinski definition) is 5.